The first kappa shape index (κ1) is 19.5. The molecule has 3 rings (SSSR count). The number of para-hydroxylation sites is 1. The predicted octanol–water partition coefficient (Wildman–Crippen LogP) is 3.70. The standard InChI is InChI=1S/C20H16F2N2O3S/c21-15-7-5-14(6-8-15)13-23-20(25)18-3-1-2-4-19(18)24-28(26,27)17-11-9-16(22)10-12-17/h1-12,24H,13H2,(H,23,25). The van der Waals surface area contributed by atoms with Gasteiger partial charge in [-0.1, -0.05) is 24.3 Å². The maximum atomic E-state index is 13.0. The highest BCUT2D eigenvalue weighted by Gasteiger charge is 2.18. The van der Waals surface area contributed by atoms with Crippen molar-refractivity contribution in [1.29, 1.82) is 0 Å². The van der Waals surface area contributed by atoms with Gasteiger partial charge in [0, 0.05) is 6.54 Å². The highest BCUT2D eigenvalue weighted by Crippen LogP contribution is 2.20. The second kappa shape index (κ2) is 8.18. The van der Waals surface area contributed by atoms with Crippen molar-refractivity contribution in [3.05, 3.63) is 95.6 Å². The van der Waals surface area contributed by atoms with Crippen LogP contribution in [-0.4, -0.2) is 14.3 Å². The van der Waals surface area contributed by atoms with E-state index in [4.69, 9.17) is 0 Å². The fraction of sp³-hybridized carbons (Fsp3) is 0.0500. The molecule has 144 valence electrons. The van der Waals surface area contributed by atoms with Gasteiger partial charge in [-0.3, -0.25) is 9.52 Å². The molecule has 0 unspecified atom stereocenters. The van der Waals surface area contributed by atoms with Crippen LogP contribution in [-0.2, 0) is 16.6 Å². The van der Waals surface area contributed by atoms with Gasteiger partial charge in [0.1, 0.15) is 11.6 Å². The van der Waals surface area contributed by atoms with Crippen LogP contribution in [0.1, 0.15) is 15.9 Å². The summed E-state index contributed by atoms with van der Waals surface area (Å²) in [7, 11) is -4.00. The van der Waals surface area contributed by atoms with Crippen LogP contribution in [0.25, 0.3) is 0 Å². The van der Waals surface area contributed by atoms with E-state index in [-0.39, 0.29) is 28.5 Å². The predicted molar refractivity (Wildman–Crippen MR) is 101 cm³/mol. The van der Waals surface area contributed by atoms with Crippen LogP contribution >= 0.6 is 0 Å². The monoisotopic (exact) mass is 402 g/mol. The van der Waals surface area contributed by atoms with E-state index < -0.39 is 21.7 Å². The van der Waals surface area contributed by atoms with Crippen molar-refractivity contribution in [2.75, 3.05) is 4.72 Å². The summed E-state index contributed by atoms with van der Waals surface area (Å²) < 4.78 is 53.3. The molecule has 0 spiro atoms. The average Bonchev–Trinajstić information content (AvgIpc) is 2.68. The highest BCUT2D eigenvalue weighted by atomic mass is 32.2. The zero-order chi connectivity index (χ0) is 20.1. The Morgan fingerprint density at radius 1 is 0.821 bits per heavy atom. The molecule has 0 heterocycles. The zero-order valence-corrected chi connectivity index (χ0v) is 15.3. The number of hydrogen-bond donors (Lipinski definition) is 2. The maximum Gasteiger partial charge on any atom is 0.261 e. The second-order valence-electron chi connectivity index (χ2n) is 5.91. The van der Waals surface area contributed by atoms with Crippen LogP contribution in [0.2, 0.25) is 0 Å². The molecule has 0 aliphatic heterocycles. The number of nitrogens with one attached hydrogen (secondary N) is 2. The van der Waals surface area contributed by atoms with Gasteiger partial charge in [0.15, 0.2) is 0 Å². The van der Waals surface area contributed by atoms with Crippen LogP contribution in [0.4, 0.5) is 14.5 Å². The Morgan fingerprint density at radius 3 is 2.04 bits per heavy atom. The normalized spacial score (nSPS) is 11.1. The number of hydrogen-bond acceptors (Lipinski definition) is 3. The van der Waals surface area contributed by atoms with Gasteiger partial charge in [-0.2, -0.15) is 0 Å². The molecule has 28 heavy (non-hydrogen) atoms. The third-order valence-corrected chi connectivity index (χ3v) is 5.29. The van der Waals surface area contributed by atoms with Gasteiger partial charge >= 0.3 is 0 Å². The van der Waals surface area contributed by atoms with Gasteiger partial charge in [0.05, 0.1) is 16.1 Å². The number of anilines is 1. The van der Waals surface area contributed by atoms with Crippen LogP contribution in [0, 0.1) is 11.6 Å². The number of sulfonamides is 1. The molecule has 0 saturated heterocycles. The number of carbonyl (C=O) groups excluding carboxylic acids is 1. The number of benzene rings is 3. The van der Waals surface area contributed by atoms with E-state index in [1.807, 2.05) is 0 Å². The molecular formula is C20H16F2N2O3S. The molecular weight excluding hydrogens is 386 g/mol. The fourth-order valence-electron chi connectivity index (χ4n) is 2.47. The summed E-state index contributed by atoms with van der Waals surface area (Å²) in [5, 5.41) is 2.66. The number of carbonyl (C=O) groups is 1. The molecule has 0 aliphatic carbocycles. The van der Waals surface area contributed by atoms with Gasteiger partial charge in [0.25, 0.3) is 15.9 Å². The molecule has 0 aromatic heterocycles. The topological polar surface area (TPSA) is 75.3 Å². The summed E-state index contributed by atoms with van der Waals surface area (Å²) >= 11 is 0. The largest absolute Gasteiger partial charge is 0.348 e. The molecule has 1 amide bonds. The van der Waals surface area contributed by atoms with Crippen LogP contribution < -0.4 is 10.0 Å². The minimum atomic E-state index is -4.00. The van der Waals surface area contributed by atoms with E-state index in [2.05, 4.69) is 10.0 Å². The molecule has 0 bridgehead atoms. The van der Waals surface area contributed by atoms with Crippen LogP contribution in [0.3, 0.4) is 0 Å². The summed E-state index contributed by atoms with van der Waals surface area (Å²) in [5.41, 5.74) is 0.901. The van der Waals surface area contributed by atoms with Gasteiger partial charge in [0.2, 0.25) is 0 Å². The van der Waals surface area contributed by atoms with Crippen molar-refractivity contribution in [2.45, 2.75) is 11.4 Å². The summed E-state index contributed by atoms with van der Waals surface area (Å²) in [4.78, 5) is 12.4. The first-order valence-electron chi connectivity index (χ1n) is 8.25. The minimum Gasteiger partial charge on any atom is -0.348 e. The highest BCUT2D eigenvalue weighted by molar-refractivity contribution is 7.92. The lowest BCUT2D eigenvalue weighted by Crippen LogP contribution is -2.25. The summed E-state index contributed by atoms with van der Waals surface area (Å²) in [5.74, 6) is -1.43. The first-order valence-corrected chi connectivity index (χ1v) is 9.73. The molecule has 0 radical (unpaired) electrons. The lowest BCUT2D eigenvalue weighted by Gasteiger charge is -2.13. The van der Waals surface area contributed by atoms with E-state index >= 15 is 0 Å². The first-order chi connectivity index (χ1) is 13.3. The fourth-order valence-corrected chi connectivity index (χ4v) is 3.55. The SMILES string of the molecule is O=C(NCc1ccc(F)cc1)c1ccccc1NS(=O)(=O)c1ccc(F)cc1. The van der Waals surface area contributed by atoms with Gasteiger partial charge in [-0.25, -0.2) is 17.2 Å². The molecule has 0 aliphatic rings. The number of halogens is 2. The molecule has 0 fully saturated rings. The van der Waals surface area contributed by atoms with Gasteiger partial charge < -0.3 is 5.32 Å². The summed E-state index contributed by atoms with van der Waals surface area (Å²) in [6, 6.07) is 16.1. The van der Waals surface area contributed by atoms with E-state index in [0.29, 0.717) is 5.56 Å². The summed E-state index contributed by atoms with van der Waals surface area (Å²) in [6.07, 6.45) is 0. The number of amides is 1. The van der Waals surface area contributed by atoms with Crippen molar-refractivity contribution in [2.24, 2.45) is 0 Å². The molecule has 0 atom stereocenters. The van der Waals surface area contributed by atoms with Crippen LogP contribution in [0.5, 0.6) is 0 Å². The lowest BCUT2D eigenvalue weighted by molar-refractivity contribution is 0.0952. The second-order valence-corrected chi connectivity index (χ2v) is 7.60. The quantitative estimate of drug-likeness (QED) is 0.660. The third-order valence-electron chi connectivity index (χ3n) is 3.91. The maximum absolute atomic E-state index is 13.0. The molecule has 3 aromatic rings. The van der Waals surface area contributed by atoms with Crippen molar-refractivity contribution in [1.82, 2.24) is 5.32 Å². The van der Waals surface area contributed by atoms with Crippen molar-refractivity contribution in [3.8, 4) is 0 Å². The third kappa shape index (κ3) is 4.72. The van der Waals surface area contributed by atoms with Gasteiger partial charge in [-0.15, -0.1) is 0 Å². The smallest absolute Gasteiger partial charge is 0.261 e. The van der Waals surface area contributed by atoms with Crippen LogP contribution in [0.15, 0.2) is 77.7 Å². The minimum absolute atomic E-state index is 0.0865. The van der Waals surface area contributed by atoms with E-state index in [1.54, 1.807) is 24.3 Å². The molecule has 8 heteroatoms. The Kier molecular flexibility index (Phi) is 5.70. The van der Waals surface area contributed by atoms with Crippen molar-refractivity contribution in [3.63, 3.8) is 0 Å². The lowest BCUT2D eigenvalue weighted by atomic mass is 10.1. The average molecular weight is 402 g/mol. The number of rotatable bonds is 6. The Bertz CT molecular complexity index is 1080. The Hall–Kier alpha value is -3.26. The Balaban J connectivity index is 1.77. The molecule has 3 aromatic carbocycles. The van der Waals surface area contributed by atoms with E-state index in [0.717, 1.165) is 24.3 Å². The van der Waals surface area contributed by atoms with Gasteiger partial charge in [-0.05, 0) is 54.1 Å². The van der Waals surface area contributed by atoms with Crippen molar-refractivity contribution < 1.29 is 22.0 Å². The van der Waals surface area contributed by atoms with Crippen molar-refractivity contribution >= 4 is 21.6 Å². The molecule has 0 saturated carbocycles. The summed E-state index contributed by atoms with van der Waals surface area (Å²) in [6.45, 7) is 0.151. The Morgan fingerprint density at radius 2 is 1.39 bits per heavy atom. The molecule has 2 N–H and O–H groups in total. The zero-order valence-electron chi connectivity index (χ0n) is 14.5. The van der Waals surface area contributed by atoms with E-state index in [9.17, 15) is 22.0 Å². The molecule has 5 nitrogen and oxygen atoms in total. The van der Waals surface area contributed by atoms with E-state index in [1.165, 1.54) is 24.3 Å². The Labute approximate surface area is 161 Å².